The van der Waals surface area contributed by atoms with Crippen LogP contribution in [-0.2, 0) is 0 Å². The van der Waals surface area contributed by atoms with Crippen molar-refractivity contribution in [2.75, 3.05) is 7.05 Å². The summed E-state index contributed by atoms with van der Waals surface area (Å²) in [5, 5.41) is 4.05. The van der Waals surface area contributed by atoms with Crippen LogP contribution in [0.3, 0.4) is 0 Å². The van der Waals surface area contributed by atoms with Gasteiger partial charge in [0.05, 0.1) is 0 Å². The number of ether oxygens (including phenoxy) is 1. The van der Waals surface area contributed by atoms with Gasteiger partial charge in [0.25, 0.3) is 0 Å². The highest BCUT2D eigenvalue weighted by Crippen LogP contribution is 2.31. The summed E-state index contributed by atoms with van der Waals surface area (Å²) in [5.41, 5.74) is 3.37. The normalized spacial score (nSPS) is 12.2. The van der Waals surface area contributed by atoms with Gasteiger partial charge in [-0.1, -0.05) is 30.7 Å². The molecule has 0 radical (unpaired) electrons. The molecule has 0 amide bonds. The minimum absolute atomic E-state index is 0.387. The van der Waals surface area contributed by atoms with Gasteiger partial charge in [0.2, 0.25) is 0 Å². The Balaban J connectivity index is 2.21. The lowest BCUT2D eigenvalue weighted by Gasteiger charge is -2.16. The number of nitrogens with one attached hydrogen (secondary N) is 1. The van der Waals surface area contributed by atoms with Crippen molar-refractivity contribution in [3.8, 4) is 11.5 Å². The Bertz CT molecular complexity index is 580. The van der Waals surface area contributed by atoms with Crippen molar-refractivity contribution in [2.24, 2.45) is 0 Å². The van der Waals surface area contributed by atoms with E-state index in [0.29, 0.717) is 6.04 Å². The third kappa shape index (κ3) is 3.78. The number of rotatable bonds is 5. The molecule has 0 spiro atoms. The molecule has 0 aliphatic heterocycles. The van der Waals surface area contributed by atoms with Gasteiger partial charge in [-0.2, -0.15) is 0 Å². The molecule has 2 aromatic carbocycles. The maximum absolute atomic E-state index is 6.05. The van der Waals surface area contributed by atoms with Crippen molar-refractivity contribution in [2.45, 2.75) is 33.2 Å². The van der Waals surface area contributed by atoms with Gasteiger partial charge in [-0.25, -0.2) is 0 Å². The molecule has 0 saturated heterocycles. The second-order valence-electron chi connectivity index (χ2n) is 5.29. The molecular formula is C18H22ClNO. The topological polar surface area (TPSA) is 21.3 Å². The molecule has 1 atom stereocenters. The SMILES string of the molecule is CCC(NC)c1ccc(Oc2c(C)cc(Cl)cc2C)cc1. The molecule has 2 aromatic rings. The van der Waals surface area contributed by atoms with Crippen LogP contribution < -0.4 is 10.1 Å². The smallest absolute Gasteiger partial charge is 0.133 e. The van der Waals surface area contributed by atoms with Gasteiger partial charge in [0.1, 0.15) is 11.5 Å². The van der Waals surface area contributed by atoms with Crippen molar-refractivity contribution in [3.05, 3.63) is 58.1 Å². The first-order chi connectivity index (χ1) is 10.0. The molecule has 2 nitrogen and oxygen atoms in total. The van der Waals surface area contributed by atoms with E-state index >= 15 is 0 Å². The van der Waals surface area contributed by atoms with E-state index < -0.39 is 0 Å². The van der Waals surface area contributed by atoms with Crippen molar-refractivity contribution in [3.63, 3.8) is 0 Å². The van der Waals surface area contributed by atoms with E-state index in [2.05, 4.69) is 24.4 Å². The molecular weight excluding hydrogens is 282 g/mol. The van der Waals surface area contributed by atoms with Crippen molar-refractivity contribution >= 4 is 11.6 Å². The quantitative estimate of drug-likeness (QED) is 0.796. The third-order valence-electron chi connectivity index (χ3n) is 3.68. The van der Waals surface area contributed by atoms with E-state index in [4.69, 9.17) is 16.3 Å². The molecule has 1 N–H and O–H groups in total. The lowest BCUT2D eigenvalue weighted by atomic mass is 10.0. The molecule has 3 heteroatoms. The van der Waals surface area contributed by atoms with Crippen LogP contribution >= 0.6 is 11.6 Å². The van der Waals surface area contributed by atoms with E-state index in [1.807, 2.05) is 45.2 Å². The first-order valence-electron chi connectivity index (χ1n) is 7.27. The standard InChI is InChI=1S/C18H22ClNO/c1-5-17(20-4)14-6-8-16(9-7-14)21-18-12(2)10-15(19)11-13(18)3/h6-11,17,20H,5H2,1-4H3. The fourth-order valence-electron chi connectivity index (χ4n) is 2.55. The van der Waals surface area contributed by atoms with Crippen LogP contribution in [0, 0.1) is 13.8 Å². The minimum Gasteiger partial charge on any atom is -0.457 e. The molecule has 21 heavy (non-hydrogen) atoms. The van der Waals surface area contributed by atoms with Crippen LogP contribution in [0.25, 0.3) is 0 Å². The van der Waals surface area contributed by atoms with Gasteiger partial charge >= 0.3 is 0 Å². The molecule has 1 unspecified atom stereocenters. The minimum atomic E-state index is 0.387. The molecule has 0 saturated carbocycles. The van der Waals surface area contributed by atoms with Gasteiger partial charge in [-0.15, -0.1) is 0 Å². The summed E-state index contributed by atoms with van der Waals surface area (Å²) < 4.78 is 6.02. The Hall–Kier alpha value is -1.51. The van der Waals surface area contributed by atoms with E-state index in [0.717, 1.165) is 34.1 Å². The predicted octanol–water partition coefficient (Wildman–Crippen LogP) is 5.42. The van der Waals surface area contributed by atoms with Crippen LogP contribution in [-0.4, -0.2) is 7.05 Å². The Morgan fingerprint density at radius 1 is 1.10 bits per heavy atom. The predicted molar refractivity (Wildman–Crippen MR) is 89.5 cm³/mol. The molecule has 0 heterocycles. The second kappa shape index (κ2) is 6.97. The van der Waals surface area contributed by atoms with Crippen LogP contribution in [0.15, 0.2) is 36.4 Å². The Kier molecular flexibility index (Phi) is 5.27. The van der Waals surface area contributed by atoms with Crippen LogP contribution in [0.2, 0.25) is 5.02 Å². The highest BCUT2D eigenvalue weighted by Gasteiger charge is 2.09. The molecule has 0 aromatic heterocycles. The molecule has 0 aliphatic rings. The fourth-order valence-corrected chi connectivity index (χ4v) is 2.88. The molecule has 0 fully saturated rings. The Morgan fingerprint density at radius 2 is 1.67 bits per heavy atom. The summed E-state index contributed by atoms with van der Waals surface area (Å²) in [6.45, 7) is 6.19. The summed E-state index contributed by atoms with van der Waals surface area (Å²) in [4.78, 5) is 0. The number of hydrogen-bond acceptors (Lipinski definition) is 2. The zero-order valence-electron chi connectivity index (χ0n) is 13.0. The lowest BCUT2D eigenvalue weighted by Crippen LogP contribution is -2.14. The monoisotopic (exact) mass is 303 g/mol. The molecule has 0 aliphatic carbocycles. The molecule has 0 bridgehead atoms. The van der Waals surface area contributed by atoms with E-state index in [1.54, 1.807) is 0 Å². The van der Waals surface area contributed by atoms with Gasteiger partial charge in [0, 0.05) is 11.1 Å². The number of aryl methyl sites for hydroxylation is 2. The van der Waals surface area contributed by atoms with E-state index in [-0.39, 0.29) is 0 Å². The summed E-state index contributed by atoms with van der Waals surface area (Å²) >= 11 is 6.05. The maximum atomic E-state index is 6.05. The highest BCUT2D eigenvalue weighted by atomic mass is 35.5. The third-order valence-corrected chi connectivity index (χ3v) is 3.90. The largest absolute Gasteiger partial charge is 0.457 e. The van der Waals surface area contributed by atoms with E-state index in [1.165, 1.54) is 5.56 Å². The Labute approximate surface area is 132 Å². The lowest BCUT2D eigenvalue weighted by molar-refractivity contribution is 0.474. The highest BCUT2D eigenvalue weighted by molar-refractivity contribution is 6.30. The zero-order chi connectivity index (χ0) is 15.4. The van der Waals surface area contributed by atoms with Gasteiger partial charge in [0.15, 0.2) is 0 Å². The second-order valence-corrected chi connectivity index (χ2v) is 5.73. The zero-order valence-corrected chi connectivity index (χ0v) is 13.8. The summed E-state index contributed by atoms with van der Waals surface area (Å²) in [7, 11) is 1.99. The van der Waals surface area contributed by atoms with Crippen LogP contribution in [0.4, 0.5) is 0 Å². The average molecular weight is 304 g/mol. The average Bonchev–Trinajstić information content (AvgIpc) is 2.45. The number of hydrogen-bond donors (Lipinski definition) is 1. The first kappa shape index (κ1) is 15.9. The van der Waals surface area contributed by atoms with Crippen molar-refractivity contribution in [1.82, 2.24) is 5.32 Å². The number of halogens is 1. The van der Waals surface area contributed by atoms with Crippen LogP contribution in [0.5, 0.6) is 11.5 Å². The summed E-state index contributed by atoms with van der Waals surface area (Å²) in [5.74, 6) is 1.73. The van der Waals surface area contributed by atoms with E-state index in [9.17, 15) is 0 Å². The summed E-state index contributed by atoms with van der Waals surface area (Å²) in [6.07, 6.45) is 1.06. The maximum Gasteiger partial charge on any atom is 0.133 e. The van der Waals surface area contributed by atoms with Crippen molar-refractivity contribution < 1.29 is 4.74 Å². The Morgan fingerprint density at radius 3 is 2.14 bits per heavy atom. The first-order valence-corrected chi connectivity index (χ1v) is 7.64. The van der Waals surface area contributed by atoms with Gasteiger partial charge < -0.3 is 10.1 Å². The summed E-state index contributed by atoms with van der Waals surface area (Å²) in [6, 6.07) is 12.5. The van der Waals surface area contributed by atoms with Crippen LogP contribution in [0.1, 0.15) is 36.1 Å². The fraction of sp³-hybridized carbons (Fsp3) is 0.333. The van der Waals surface area contributed by atoms with Gasteiger partial charge in [-0.05, 0) is 68.3 Å². The van der Waals surface area contributed by atoms with Gasteiger partial charge in [-0.3, -0.25) is 0 Å². The molecule has 112 valence electrons. The number of benzene rings is 2. The van der Waals surface area contributed by atoms with Crippen molar-refractivity contribution in [1.29, 1.82) is 0 Å². The molecule has 2 rings (SSSR count).